The highest BCUT2D eigenvalue weighted by molar-refractivity contribution is 9.10. The average Bonchev–Trinajstić information content (AvgIpc) is 3.01. The van der Waals surface area contributed by atoms with Crippen molar-refractivity contribution in [2.45, 2.75) is 33.6 Å². The molecule has 0 bridgehead atoms. The summed E-state index contributed by atoms with van der Waals surface area (Å²) in [6.07, 6.45) is 1.48. The number of fused-ring (bicyclic) bond motifs is 1. The Bertz CT molecular complexity index is 989. The van der Waals surface area contributed by atoms with E-state index in [1.807, 2.05) is 44.2 Å². The summed E-state index contributed by atoms with van der Waals surface area (Å²) < 4.78 is 12.1. The molecule has 0 saturated carbocycles. The molecule has 1 N–H and O–H groups in total. The number of ether oxygens (including phenoxy) is 2. The Morgan fingerprint density at radius 3 is 2.57 bits per heavy atom. The standard InChI is InChI=1S/C22H23BrClNO3/c1-4-27-22(26)21-18(17-8-7-15(23)12-19(17)25-21)6-5-9-28-16-10-13(2)20(24)14(3)11-16/h7-8,10-12,25H,4-6,9H2,1-3H3. The lowest BCUT2D eigenvalue weighted by molar-refractivity contribution is 0.0519. The maximum Gasteiger partial charge on any atom is 0.355 e. The molecular weight excluding hydrogens is 442 g/mol. The molecule has 3 aromatic rings. The van der Waals surface area contributed by atoms with E-state index < -0.39 is 0 Å². The summed E-state index contributed by atoms with van der Waals surface area (Å²) in [5.74, 6) is 0.488. The summed E-state index contributed by atoms with van der Waals surface area (Å²) in [5.41, 5.74) is 4.41. The molecule has 0 aliphatic carbocycles. The fourth-order valence-electron chi connectivity index (χ4n) is 3.29. The Hall–Kier alpha value is -1.98. The van der Waals surface area contributed by atoms with Crippen LogP contribution in [-0.4, -0.2) is 24.2 Å². The molecule has 3 rings (SSSR count). The minimum Gasteiger partial charge on any atom is -0.494 e. The zero-order valence-corrected chi connectivity index (χ0v) is 18.5. The molecule has 0 spiro atoms. The number of H-pyrrole nitrogens is 1. The zero-order valence-electron chi connectivity index (χ0n) is 16.2. The summed E-state index contributed by atoms with van der Waals surface area (Å²) in [5, 5.41) is 1.81. The second-order valence-electron chi connectivity index (χ2n) is 6.71. The van der Waals surface area contributed by atoms with Crippen LogP contribution < -0.4 is 4.74 Å². The van der Waals surface area contributed by atoms with Gasteiger partial charge in [-0.3, -0.25) is 0 Å². The third-order valence-electron chi connectivity index (χ3n) is 4.60. The van der Waals surface area contributed by atoms with Gasteiger partial charge in [-0.2, -0.15) is 0 Å². The predicted octanol–water partition coefficient (Wildman–Crippen LogP) is 6.39. The quantitative estimate of drug-likeness (QED) is 0.325. The Morgan fingerprint density at radius 1 is 1.18 bits per heavy atom. The molecule has 4 nitrogen and oxygen atoms in total. The number of aromatic amines is 1. The van der Waals surface area contributed by atoms with Gasteiger partial charge in [0.2, 0.25) is 0 Å². The van der Waals surface area contributed by atoms with E-state index in [0.29, 0.717) is 25.3 Å². The number of hydrogen-bond donors (Lipinski definition) is 1. The highest BCUT2D eigenvalue weighted by atomic mass is 79.9. The molecule has 0 fully saturated rings. The number of halogens is 2. The first-order chi connectivity index (χ1) is 13.4. The number of rotatable bonds is 7. The van der Waals surface area contributed by atoms with E-state index in [4.69, 9.17) is 21.1 Å². The van der Waals surface area contributed by atoms with Gasteiger partial charge in [-0.05, 0) is 74.6 Å². The van der Waals surface area contributed by atoms with Gasteiger partial charge in [0.1, 0.15) is 11.4 Å². The van der Waals surface area contributed by atoms with Crippen molar-refractivity contribution in [2.24, 2.45) is 0 Å². The van der Waals surface area contributed by atoms with Crippen LogP contribution in [0.25, 0.3) is 10.9 Å². The fraction of sp³-hybridized carbons (Fsp3) is 0.318. The first-order valence-corrected chi connectivity index (χ1v) is 10.4. The van der Waals surface area contributed by atoms with Crippen molar-refractivity contribution in [2.75, 3.05) is 13.2 Å². The monoisotopic (exact) mass is 463 g/mol. The molecule has 148 valence electrons. The van der Waals surface area contributed by atoms with Crippen LogP contribution in [0.2, 0.25) is 5.02 Å². The van der Waals surface area contributed by atoms with Crippen LogP contribution in [0.4, 0.5) is 0 Å². The Balaban J connectivity index is 1.74. The van der Waals surface area contributed by atoms with Crippen LogP contribution in [0.1, 0.15) is 40.5 Å². The second kappa shape index (κ2) is 9.01. The maximum absolute atomic E-state index is 12.4. The largest absolute Gasteiger partial charge is 0.494 e. The predicted molar refractivity (Wildman–Crippen MR) is 117 cm³/mol. The summed E-state index contributed by atoms with van der Waals surface area (Å²) in [4.78, 5) is 15.6. The van der Waals surface area contributed by atoms with E-state index in [0.717, 1.165) is 49.3 Å². The van der Waals surface area contributed by atoms with Gasteiger partial charge in [0.05, 0.1) is 13.2 Å². The first kappa shape index (κ1) is 20.7. The minimum absolute atomic E-state index is 0.324. The van der Waals surface area contributed by atoms with Crippen LogP contribution in [0.15, 0.2) is 34.8 Å². The number of aromatic nitrogens is 1. The molecule has 0 unspecified atom stereocenters. The van der Waals surface area contributed by atoms with Crippen molar-refractivity contribution in [3.63, 3.8) is 0 Å². The summed E-state index contributed by atoms with van der Waals surface area (Å²) in [7, 11) is 0. The summed E-state index contributed by atoms with van der Waals surface area (Å²) in [6, 6.07) is 9.85. The molecule has 0 atom stereocenters. The first-order valence-electron chi connectivity index (χ1n) is 9.27. The van der Waals surface area contributed by atoms with Crippen LogP contribution in [0, 0.1) is 13.8 Å². The van der Waals surface area contributed by atoms with Crippen LogP contribution in [0.5, 0.6) is 5.75 Å². The van der Waals surface area contributed by atoms with Crippen molar-refractivity contribution < 1.29 is 14.3 Å². The van der Waals surface area contributed by atoms with Crippen molar-refractivity contribution in [1.29, 1.82) is 0 Å². The lowest BCUT2D eigenvalue weighted by Gasteiger charge is -2.10. The van der Waals surface area contributed by atoms with E-state index in [1.165, 1.54) is 0 Å². The van der Waals surface area contributed by atoms with Crippen LogP contribution in [0.3, 0.4) is 0 Å². The molecule has 0 aliphatic rings. The number of benzene rings is 2. The second-order valence-corrected chi connectivity index (χ2v) is 8.01. The van der Waals surface area contributed by atoms with Crippen molar-refractivity contribution in [1.82, 2.24) is 4.98 Å². The zero-order chi connectivity index (χ0) is 20.3. The smallest absolute Gasteiger partial charge is 0.355 e. The Morgan fingerprint density at radius 2 is 1.89 bits per heavy atom. The van der Waals surface area contributed by atoms with Gasteiger partial charge in [-0.1, -0.05) is 33.6 Å². The van der Waals surface area contributed by atoms with E-state index in [1.54, 1.807) is 6.92 Å². The van der Waals surface area contributed by atoms with Crippen molar-refractivity contribution >= 4 is 44.4 Å². The highest BCUT2D eigenvalue weighted by Gasteiger charge is 2.18. The van der Waals surface area contributed by atoms with Crippen LogP contribution in [-0.2, 0) is 11.2 Å². The number of hydrogen-bond acceptors (Lipinski definition) is 3. The topological polar surface area (TPSA) is 51.3 Å². The lowest BCUT2D eigenvalue weighted by Crippen LogP contribution is -2.09. The maximum atomic E-state index is 12.4. The molecule has 0 saturated heterocycles. The Labute approximate surface area is 178 Å². The van der Waals surface area contributed by atoms with Gasteiger partial charge in [0.25, 0.3) is 0 Å². The lowest BCUT2D eigenvalue weighted by atomic mass is 10.1. The fourth-order valence-corrected chi connectivity index (χ4v) is 3.76. The average molecular weight is 465 g/mol. The number of carbonyl (C=O) groups excluding carboxylic acids is 1. The number of carbonyl (C=O) groups is 1. The van der Waals surface area contributed by atoms with Gasteiger partial charge in [0, 0.05) is 20.4 Å². The van der Waals surface area contributed by atoms with E-state index >= 15 is 0 Å². The van der Waals surface area contributed by atoms with Gasteiger partial charge in [-0.25, -0.2) is 4.79 Å². The molecule has 2 aromatic carbocycles. The summed E-state index contributed by atoms with van der Waals surface area (Å²) >= 11 is 9.69. The molecule has 0 amide bonds. The SMILES string of the molecule is CCOC(=O)c1[nH]c2cc(Br)ccc2c1CCCOc1cc(C)c(Cl)c(C)c1. The molecule has 0 aliphatic heterocycles. The highest BCUT2D eigenvalue weighted by Crippen LogP contribution is 2.28. The third-order valence-corrected chi connectivity index (χ3v) is 5.69. The third kappa shape index (κ3) is 4.53. The van der Waals surface area contributed by atoms with E-state index in [9.17, 15) is 4.79 Å². The van der Waals surface area contributed by atoms with Gasteiger partial charge >= 0.3 is 5.97 Å². The van der Waals surface area contributed by atoms with Crippen molar-refractivity contribution in [3.8, 4) is 5.75 Å². The molecule has 6 heteroatoms. The van der Waals surface area contributed by atoms with Crippen LogP contribution >= 0.6 is 27.5 Å². The molecule has 1 heterocycles. The number of nitrogens with one attached hydrogen (secondary N) is 1. The molecule has 1 aromatic heterocycles. The summed E-state index contributed by atoms with van der Waals surface area (Å²) in [6.45, 7) is 6.64. The van der Waals surface area contributed by atoms with E-state index in [-0.39, 0.29) is 5.97 Å². The Kier molecular flexibility index (Phi) is 6.68. The molecule has 0 radical (unpaired) electrons. The van der Waals surface area contributed by atoms with Gasteiger partial charge in [-0.15, -0.1) is 0 Å². The van der Waals surface area contributed by atoms with Gasteiger partial charge < -0.3 is 14.5 Å². The number of aryl methyl sites for hydroxylation is 3. The molecule has 28 heavy (non-hydrogen) atoms. The number of esters is 1. The van der Waals surface area contributed by atoms with Crippen molar-refractivity contribution in [3.05, 3.63) is 62.2 Å². The minimum atomic E-state index is -0.324. The normalized spacial score (nSPS) is 11.0. The molecular formula is C22H23BrClNO3. The van der Waals surface area contributed by atoms with Gasteiger partial charge in [0.15, 0.2) is 0 Å². The van der Waals surface area contributed by atoms with E-state index in [2.05, 4.69) is 20.9 Å².